The van der Waals surface area contributed by atoms with E-state index in [0.29, 0.717) is 12.6 Å². The van der Waals surface area contributed by atoms with Crippen LogP contribution in [0, 0.1) is 6.92 Å². The molecule has 0 unspecified atom stereocenters. The zero-order valence-corrected chi connectivity index (χ0v) is 13.8. The van der Waals surface area contributed by atoms with Gasteiger partial charge in [0.2, 0.25) is 0 Å². The maximum absolute atomic E-state index is 5.94. The molecular formula is C16H22N2O2S. The third-order valence-corrected chi connectivity index (χ3v) is 3.93. The van der Waals surface area contributed by atoms with Crippen molar-refractivity contribution in [2.45, 2.75) is 40.0 Å². The fourth-order valence-corrected chi connectivity index (χ4v) is 2.55. The number of aryl methyl sites for hydroxylation is 1. The van der Waals surface area contributed by atoms with E-state index in [-0.39, 0.29) is 0 Å². The molecule has 2 aromatic rings. The number of benzene rings is 1. The first-order chi connectivity index (χ1) is 10.1. The summed E-state index contributed by atoms with van der Waals surface area (Å²) in [6.45, 7) is 7.50. The number of methoxy groups -OCH3 is 1. The van der Waals surface area contributed by atoms with Gasteiger partial charge in [-0.2, -0.15) is 0 Å². The molecule has 0 bridgehead atoms. The van der Waals surface area contributed by atoms with Gasteiger partial charge in [0.25, 0.3) is 0 Å². The van der Waals surface area contributed by atoms with Crippen LogP contribution < -0.4 is 14.8 Å². The summed E-state index contributed by atoms with van der Waals surface area (Å²) in [4.78, 5) is 4.42. The van der Waals surface area contributed by atoms with Gasteiger partial charge in [-0.1, -0.05) is 19.9 Å². The molecule has 0 aliphatic heterocycles. The Bertz CT molecular complexity index is 581. The summed E-state index contributed by atoms with van der Waals surface area (Å²) in [6, 6.07) is 6.35. The number of rotatable bonds is 7. The Morgan fingerprint density at radius 3 is 2.76 bits per heavy atom. The maximum atomic E-state index is 5.94. The maximum Gasteiger partial charge on any atom is 0.140 e. The quantitative estimate of drug-likeness (QED) is 0.850. The van der Waals surface area contributed by atoms with Gasteiger partial charge < -0.3 is 14.8 Å². The molecule has 0 aliphatic rings. The van der Waals surface area contributed by atoms with Crippen molar-refractivity contribution >= 4 is 11.3 Å². The Morgan fingerprint density at radius 1 is 1.33 bits per heavy atom. The number of nitrogens with zero attached hydrogens (tertiary/aromatic N) is 1. The summed E-state index contributed by atoms with van der Waals surface area (Å²) in [7, 11) is 1.66. The standard InChI is InChI=1S/C16H22N2O2S/c1-11(2)17-8-13-5-6-14(19-4)7-15(13)20-9-16-18-12(3)10-21-16/h5-7,10-11,17H,8-9H2,1-4H3. The van der Waals surface area contributed by atoms with Gasteiger partial charge in [0.1, 0.15) is 23.1 Å². The molecule has 0 spiro atoms. The predicted molar refractivity (Wildman–Crippen MR) is 86.2 cm³/mol. The Labute approximate surface area is 130 Å². The fraction of sp³-hybridized carbons (Fsp3) is 0.438. The van der Waals surface area contributed by atoms with E-state index in [1.54, 1.807) is 18.4 Å². The minimum atomic E-state index is 0.432. The third-order valence-electron chi connectivity index (χ3n) is 2.99. The summed E-state index contributed by atoms with van der Waals surface area (Å²) in [5.41, 5.74) is 2.16. The molecule has 0 saturated heterocycles. The van der Waals surface area contributed by atoms with Crippen molar-refractivity contribution in [3.8, 4) is 11.5 Å². The van der Waals surface area contributed by atoms with Crippen molar-refractivity contribution in [1.82, 2.24) is 10.3 Å². The van der Waals surface area contributed by atoms with Gasteiger partial charge in [0.15, 0.2) is 0 Å². The van der Waals surface area contributed by atoms with E-state index in [1.165, 1.54) is 0 Å². The highest BCUT2D eigenvalue weighted by Gasteiger charge is 2.08. The van der Waals surface area contributed by atoms with Crippen molar-refractivity contribution in [2.24, 2.45) is 0 Å². The predicted octanol–water partition coefficient (Wildman–Crippen LogP) is 3.54. The molecular weight excluding hydrogens is 284 g/mol. The summed E-state index contributed by atoms with van der Waals surface area (Å²) < 4.78 is 11.2. The minimum absolute atomic E-state index is 0.432. The molecule has 5 heteroatoms. The average Bonchev–Trinajstić information content (AvgIpc) is 2.88. The van der Waals surface area contributed by atoms with Crippen LogP contribution in [0.1, 0.15) is 30.1 Å². The SMILES string of the molecule is COc1ccc(CNC(C)C)c(OCc2nc(C)cs2)c1. The minimum Gasteiger partial charge on any atom is -0.497 e. The molecule has 0 fully saturated rings. The van der Waals surface area contributed by atoms with Crippen LogP contribution in [0.3, 0.4) is 0 Å². The van der Waals surface area contributed by atoms with Crippen LogP contribution in [0.5, 0.6) is 11.5 Å². The highest BCUT2D eigenvalue weighted by atomic mass is 32.1. The monoisotopic (exact) mass is 306 g/mol. The third kappa shape index (κ3) is 4.72. The number of aromatic nitrogens is 1. The van der Waals surface area contributed by atoms with Crippen LogP contribution in [0.4, 0.5) is 0 Å². The van der Waals surface area contributed by atoms with Gasteiger partial charge in [-0.3, -0.25) is 0 Å². The van der Waals surface area contributed by atoms with Crippen molar-refractivity contribution in [3.63, 3.8) is 0 Å². The molecule has 1 aromatic heterocycles. The highest BCUT2D eigenvalue weighted by molar-refractivity contribution is 7.09. The molecule has 1 N–H and O–H groups in total. The molecule has 0 aliphatic carbocycles. The highest BCUT2D eigenvalue weighted by Crippen LogP contribution is 2.26. The van der Waals surface area contributed by atoms with Crippen LogP contribution in [-0.4, -0.2) is 18.1 Å². The van der Waals surface area contributed by atoms with Crippen LogP contribution in [0.25, 0.3) is 0 Å². The van der Waals surface area contributed by atoms with Crippen LogP contribution >= 0.6 is 11.3 Å². The molecule has 0 amide bonds. The zero-order chi connectivity index (χ0) is 15.2. The molecule has 114 valence electrons. The van der Waals surface area contributed by atoms with Gasteiger partial charge in [-0.05, 0) is 13.0 Å². The van der Waals surface area contributed by atoms with E-state index >= 15 is 0 Å². The first kappa shape index (κ1) is 15.8. The van der Waals surface area contributed by atoms with Crippen LogP contribution in [0.2, 0.25) is 0 Å². The van der Waals surface area contributed by atoms with Gasteiger partial charge in [-0.25, -0.2) is 4.98 Å². The molecule has 2 rings (SSSR count). The van der Waals surface area contributed by atoms with Gasteiger partial charge in [0.05, 0.1) is 7.11 Å². The molecule has 1 heterocycles. The number of nitrogens with one attached hydrogen (secondary N) is 1. The Hall–Kier alpha value is -1.59. The largest absolute Gasteiger partial charge is 0.497 e. The van der Waals surface area contributed by atoms with Crippen molar-refractivity contribution in [1.29, 1.82) is 0 Å². The summed E-state index contributed by atoms with van der Waals surface area (Å²) in [6.07, 6.45) is 0. The lowest BCUT2D eigenvalue weighted by molar-refractivity contribution is 0.298. The molecule has 0 atom stereocenters. The van der Waals surface area contributed by atoms with Crippen molar-refractivity contribution in [2.75, 3.05) is 7.11 Å². The second-order valence-corrected chi connectivity index (χ2v) is 6.12. The van der Waals surface area contributed by atoms with Gasteiger partial charge in [0, 0.05) is 35.3 Å². The molecule has 1 aromatic carbocycles. The lowest BCUT2D eigenvalue weighted by Crippen LogP contribution is -2.22. The normalized spacial score (nSPS) is 10.9. The van der Waals surface area contributed by atoms with E-state index in [2.05, 4.69) is 24.1 Å². The average molecular weight is 306 g/mol. The van der Waals surface area contributed by atoms with Gasteiger partial charge in [-0.15, -0.1) is 11.3 Å². The second-order valence-electron chi connectivity index (χ2n) is 5.18. The second kappa shape index (κ2) is 7.43. The summed E-state index contributed by atoms with van der Waals surface area (Å²) >= 11 is 1.62. The van der Waals surface area contributed by atoms with E-state index in [1.807, 2.05) is 30.5 Å². The molecule has 0 radical (unpaired) electrons. The van der Waals surface area contributed by atoms with Gasteiger partial charge >= 0.3 is 0 Å². The number of hydrogen-bond donors (Lipinski definition) is 1. The fourth-order valence-electron chi connectivity index (χ4n) is 1.86. The lowest BCUT2D eigenvalue weighted by Gasteiger charge is -2.14. The topological polar surface area (TPSA) is 43.4 Å². The smallest absolute Gasteiger partial charge is 0.140 e. The Kier molecular flexibility index (Phi) is 5.59. The van der Waals surface area contributed by atoms with Crippen LogP contribution in [0.15, 0.2) is 23.6 Å². The molecule has 0 saturated carbocycles. The lowest BCUT2D eigenvalue weighted by atomic mass is 10.2. The molecule has 4 nitrogen and oxygen atoms in total. The first-order valence-electron chi connectivity index (χ1n) is 7.02. The number of ether oxygens (including phenoxy) is 2. The Morgan fingerprint density at radius 2 is 2.14 bits per heavy atom. The molecule has 21 heavy (non-hydrogen) atoms. The number of thiazole rings is 1. The summed E-state index contributed by atoms with van der Waals surface area (Å²) in [5, 5.41) is 6.43. The van der Waals surface area contributed by atoms with Crippen molar-refractivity contribution < 1.29 is 9.47 Å². The van der Waals surface area contributed by atoms with Crippen LogP contribution in [-0.2, 0) is 13.2 Å². The van der Waals surface area contributed by atoms with E-state index < -0.39 is 0 Å². The Balaban J connectivity index is 2.10. The summed E-state index contributed by atoms with van der Waals surface area (Å²) in [5.74, 6) is 1.64. The zero-order valence-electron chi connectivity index (χ0n) is 13.0. The number of hydrogen-bond acceptors (Lipinski definition) is 5. The van der Waals surface area contributed by atoms with E-state index in [4.69, 9.17) is 9.47 Å². The van der Waals surface area contributed by atoms with Crippen molar-refractivity contribution in [3.05, 3.63) is 39.8 Å². The van der Waals surface area contributed by atoms with E-state index in [9.17, 15) is 0 Å². The van der Waals surface area contributed by atoms with E-state index in [0.717, 1.165) is 34.3 Å². The first-order valence-corrected chi connectivity index (χ1v) is 7.90.